The standard InChI is InChI=1S/C17H15ClN2/c1-11-8-13-16(19-2)10-15(12-6-4-3-5-7-12)20-17(13)9-14(11)18/h3-10H,1-2H3,(H,19,20). The Bertz CT molecular complexity index is 767. The summed E-state index contributed by atoms with van der Waals surface area (Å²) in [4.78, 5) is 4.73. The lowest BCUT2D eigenvalue weighted by molar-refractivity contribution is 1.37. The fraction of sp³-hybridized carbons (Fsp3) is 0.118. The van der Waals surface area contributed by atoms with Gasteiger partial charge in [0, 0.05) is 28.7 Å². The number of rotatable bonds is 2. The zero-order valence-corrected chi connectivity index (χ0v) is 12.2. The first-order valence-electron chi connectivity index (χ1n) is 6.53. The summed E-state index contributed by atoms with van der Waals surface area (Å²) in [5.41, 5.74) is 5.08. The highest BCUT2D eigenvalue weighted by molar-refractivity contribution is 6.32. The Morgan fingerprint density at radius 2 is 1.80 bits per heavy atom. The fourth-order valence-electron chi connectivity index (χ4n) is 2.32. The van der Waals surface area contributed by atoms with Gasteiger partial charge in [0.25, 0.3) is 0 Å². The van der Waals surface area contributed by atoms with E-state index in [1.807, 2.05) is 38.2 Å². The van der Waals surface area contributed by atoms with Crippen LogP contribution in [0.5, 0.6) is 0 Å². The molecule has 2 nitrogen and oxygen atoms in total. The van der Waals surface area contributed by atoms with Crippen molar-refractivity contribution in [2.75, 3.05) is 12.4 Å². The number of hydrogen-bond donors (Lipinski definition) is 1. The average molecular weight is 283 g/mol. The molecule has 0 atom stereocenters. The van der Waals surface area contributed by atoms with E-state index in [0.29, 0.717) is 0 Å². The Balaban J connectivity index is 2.29. The Morgan fingerprint density at radius 3 is 2.50 bits per heavy atom. The molecule has 0 aliphatic heterocycles. The van der Waals surface area contributed by atoms with E-state index in [2.05, 4.69) is 29.6 Å². The first-order chi connectivity index (χ1) is 9.69. The quantitative estimate of drug-likeness (QED) is 0.723. The maximum Gasteiger partial charge on any atom is 0.0745 e. The molecular weight excluding hydrogens is 268 g/mol. The number of fused-ring (bicyclic) bond motifs is 1. The Labute approximate surface area is 123 Å². The highest BCUT2D eigenvalue weighted by Gasteiger charge is 2.08. The van der Waals surface area contributed by atoms with Crippen molar-refractivity contribution in [3.63, 3.8) is 0 Å². The van der Waals surface area contributed by atoms with Crippen LogP contribution < -0.4 is 5.32 Å². The SMILES string of the molecule is CNc1cc(-c2ccccc2)nc2cc(Cl)c(C)cc12. The van der Waals surface area contributed by atoms with Gasteiger partial charge in [-0.2, -0.15) is 0 Å². The minimum Gasteiger partial charge on any atom is -0.388 e. The second kappa shape index (κ2) is 5.14. The molecule has 0 unspecified atom stereocenters. The van der Waals surface area contributed by atoms with Crippen molar-refractivity contribution < 1.29 is 0 Å². The smallest absolute Gasteiger partial charge is 0.0745 e. The van der Waals surface area contributed by atoms with Gasteiger partial charge in [-0.1, -0.05) is 41.9 Å². The van der Waals surface area contributed by atoms with Crippen LogP contribution in [0.3, 0.4) is 0 Å². The summed E-state index contributed by atoms with van der Waals surface area (Å²) in [6.07, 6.45) is 0. The molecule has 0 aliphatic rings. The van der Waals surface area contributed by atoms with Crippen LogP contribution >= 0.6 is 11.6 Å². The molecule has 100 valence electrons. The molecule has 1 heterocycles. The summed E-state index contributed by atoms with van der Waals surface area (Å²) in [7, 11) is 1.92. The predicted molar refractivity (Wildman–Crippen MR) is 86.5 cm³/mol. The highest BCUT2D eigenvalue weighted by Crippen LogP contribution is 2.31. The molecule has 1 aromatic heterocycles. The van der Waals surface area contributed by atoms with Gasteiger partial charge in [-0.25, -0.2) is 4.98 Å². The maximum atomic E-state index is 6.22. The second-order valence-electron chi connectivity index (χ2n) is 4.79. The lowest BCUT2D eigenvalue weighted by Gasteiger charge is -2.11. The molecule has 3 aromatic rings. The van der Waals surface area contributed by atoms with Crippen LogP contribution in [0.15, 0.2) is 48.5 Å². The summed E-state index contributed by atoms with van der Waals surface area (Å²) in [6, 6.07) is 16.2. The van der Waals surface area contributed by atoms with Crippen LogP contribution in [0.4, 0.5) is 5.69 Å². The third kappa shape index (κ3) is 2.23. The van der Waals surface area contributed by atoms with Crippen molar-refractivity contribution >= 4 is 28.2 Å². The van der Waals surface area contributed by atoms with Crippen molar-refractivity contribution in [2.24, 2.45) is 0 Å². The topological polar surface area (TPSA) is 24.9 Å². The number of halogens is 1. The van der Waals surface area contributed by atoms with Gasteiger partial charge in [-0.05, 0) is 30.7 Å². The first kappa shape index (κ1) is 12.9. The average Bonchev–Trinajstić information content (AvgIpc) is 2.48. The normalized spacial score (nSPS) is 10.8. The monoisotopic (exact) mass is 282 g/mol. The largest absolute Gasteiger partial charge is 0.388 e. The zero-order chi connectivity index (χ0) is 14.1. The lowest BCUT2D eigenvalue weighted by atomic mass is 10.1. The molecule has 0 fully saturated rings. The molecule has 0 amide bonds. The molecule has 0 radical (unpaired) electrons. The number of nitrogens with one attached hydrogen (secondary N) is 1. The summed E-state index contributed by atoms with van der Waals surface area (Å²) in [6.45, 7) is 2.01. The molecule has 20 heavy (non-hydrogen) atoms. The number of aryl methyl sites for hydroxylation is 1. The molecule has 0 saturated carbocycles. The molecule has 3 heteroatoms. The van der Waals surface area contributed by atoms with E-state index in [4.69, 9.17) is 16.6 Å². The van der Waals surface area contributed by atoms with Gasteiger partial charge in [0.15, 0.2) is 0 Å². The molecule has 0 spiro atoms. The van der Waals surface area contributed by atoms with Crippen LogP contribution in [-0.2, 0) is 0 Å². The van der Waals surface area contributed by atoms with E-state index < -0.39 is 0 Å². The number of aromatic nitrogens is 1. The number of benzene rings is 2. The van der Waals surface area contributed by atoms with Crippen molar-refractivity contribution in [2.45, 2.75) is 6.92 Å². The third-order valence-corrected chi connectivity index (χ3v) is 3.84. The molecule has 3 rings (SSSR count). The maximum absolute atomic E-state index is 6.22. The summed E-state index contributed by atoms with van der Waals surface area (Å²) in [5.74, 6) is 0. The molecular formula is C17H15ClN2. The molecule has 0 aliphatic carbocycles. The first-order valence-corrected chi connectivity index (χ1v) is 6.91. The summed E-state index contributed by atoms with van der Waals surface area (Å²) < 4.78 is 0. The van der Waals surface area contributed by atoms with Crippen molar-refractivity contribution in [3.05, 3.63) is 59.1 Å². The summed E-state index contributed by atoms with van der Waals surface area (Å²) in [5, 5.41) is 5.08. The van der Waals surface area contributed by atoms with Gasteiger partial charge in [-0.15, -0.1) is 0 Å². The minimum atomic E-state index is 0.747. The Morgan fingerprint density at radius 1 is 1.05 bits per heavy atom. The van der Waals surface area contributed by atoms with Crippen LogP contribution in [0.2, 0.25) is 5.02 Å². The third-order valence-electron chi connectivity index (χ3n) is 3.43. The van der Waals surface area contributed by atoms with Crippen LogP contribution in [0.25, 0.3) is 22.2 Å². The molecule has 0 bridgehead atoms. The highest BCUT2D eigenvalue weighted by atomic mass is 35.5. The van der Waals surface area contributed by atoms with Gasteiger partial charge < -0.3 is 5.32 Å². The van der Waals surface area contributed by atoms with E-state index in [0.717, 1.165) is 38.4 Å². The van der Waals surface area contributed by atoms with Crippen molar-refractivity contribution in [3.8, 4) is 11.3 Å². The molecule has 2 aromatic carbocycles. The van der Waals surface area contributed by atoms with Crippen LogP contribution in [0.1, 0.15) is 5.56 Å². The van der Waals surface area contributed by atoms with E-state index in [1.54, 1.807) is 0 Å². The Kier molecular flexibility index (Phi) is 3.33. The van der Waals surface area contributed by atoms with E-state index in [1.165, 1.54) is 0 Å². The number of pyridine rings is 1. The van der Waals surface area contributed by atoms with E-state index in [-0.39, 0.29) is 0 Å². The van der Waals surface area contributed by atoms with Crippen LogP contribution in [-0.4, -0.2) is 12.0 Å². The number of anilines is 1. The van der Waals surface area contributed by atoms with E-state index >= 15 is 0 Å². The van der Waals surface area contributed by atoms with Gasteiger partial charge >= 0.3 is 0 Å². The van der Waals surface area contributed by atoms with Gasteiger partial charge in [-0.3, -0.25) is 0 Å². The van der Waals surface area contributed by atoms with Gasteiger partial charge in [0.1, 0.15) is 0 Å². The Hall–Kier alpha value is -2.06. The van der Waals surface area contributed by atoms with Gasteiger partial charge in [0.2, 0.25) is 0 Å². The van der Waals surface area contributed by atoms with Gasteiger partial charge in [0.05, 0.1) is 11.2 Å². The zero-order valence-electron chi connectivity index (χ0n) is 11.4. The number of nitrogens with zero attached hydrogens (tertiary/aromatic N) is 1. The van der Waals surface area contributed by atoms with Crippen molar-refractivity contribution in [1.82, 2.24) is 4.98 Å². The number of hydrogen-bond acceptors (Lipinski definition) is 2. The second-order valence-corrected chi connectivity index (χ2v) is 5.20. The summed E-state index contributed by atoms with van der Waals surface area (Å²) >= 11 is 6.22. The van der Waals surface area contributed by atoms with Crippen LogP contribution in [0, 0.1) is 6.92 Å². The minimum absolute atomic E-state index is 0.747. The van der Waals surface area contributed by atoms with E-state index in [9.17, 15) is 0 Å². The lowest BCUT2D eigenvalue weighted by Crippen LogP contribution is -1.94. The predicted octanol–water partition coefficient (Wildman–Crippen LogP) is 4.91. The molecule has 1 N–H and O–H groups in total. The molecule has 0 saturated heterocycles. The van der Waals surface area contributed by atoms with Crippen molar-refractivity contribution in [1.29, 1.82) is 0 Å². The fourth-order valence-corrected chi connectivity index (χ4v) is 2.48.